The van der Waals surface area contributed by atoms with Gasteiger partial charge in [-0.15, -0.1) is 0 Å². The lowest BCUT2D eigenvalue weighted by Gasteiger charge is -2.25. The maximum absolute atomic E-state index is 13.1. The summed E-state index contributed by atoms with van der Waals surface area (Å²) in [7, 11) is 1.76. The van der Waals surface area contributed by atoms with Gasteiger partial charge in [-0.25, -0.2) is 0 Å². The Labute approximate surface area is 173 Å². The first-order valence-electron chi connectivity index (χ1n) is 9.48. The van der Waals surface area contributed by atoms with Crippen LogP contribution in [0, 0.1) is 13.8 Å². The van der Waals surface area contributed by atoms with Crippen molar-refractivity contribution in [3.63, 3.8) is 0 Å². The number of aromatic nitrogens is 4. The van der Waals surface area contributed by atoms with Gasteiger partial charge in [0.2, 0.25) is 0 Å². The number of hydrogen-bond donors (Lipinski definition) is 1. The number of rotatable bonds is 4. The number of aliphatic hydroxyl groups is 1. The average molecular weight is 403 g/mol. The lowest BCUT2D eigenvalue weighted by atomic mass is 9.95. The van der Waals surface area contributed by atoms with Crippen LogP contribution < -0.4 is 0 Å². The van der Waals surface area contributed by atoms with Gasteiger partial charge in [0.1, 0.15) is 5.76 Å². The summed E-state index contributed by atoms with van der Waals surface area (Å²) in [6.45, 7) is 3.75. The van der Waals surface area contributed by atoms with Gasteiger partial charge in [-0.05, 0) is 43.2 Å². The van der Waals surface area contributed by atoms with Gasteiger partial charge in [-0.2, -0.15) is 5.10 Å². The van der Waals surface area contributed by atoms with Crippen molar-refractivity contribution in [1.29, 1.82) is 0 Å². The molecule has 30 heavy (non-hydrogen) atoms. The highest BCUT2D eigenvalue weighted by molar-refractivity contribution is 6.46. The van der Waals surface area contributed by atoms with Crippen LogP contribution in [-0.2, 0) is 23.2 Å². The molecule has 1 atom stereocenters. The largest absolute Gasteiger partial charge is 0.507 e. The summed E-state index contributed by atoms with van der Waals surface area (Å²) in [5, 5.41) is 15.5. The fraction of sp³-hybridized carbons (Fsp3) is 0.227. The maximum atomic E-state index is 13.1. The smallest absolute Gasteiger partial charge is 0.295 e. The zero-order valence-corrected chi connectivity index (χ0v) is 16.9. The van der Waals surface area contributed by atoms with E-state index in [1.807, 2.05) is 13.0 Å². The van der Waals surface area contributed by atoms with Crippen LogP contribution in [0.25, 0.3) is 5.76 Å². The summed E-state index contributed by atoms with van der Waals surface area (Å²) in [5.41, 5.74) is 3.28. The Morgan fingerprint density at radius 2 is 1.83 bits per heavy atom. The van der Waals surface area contributed by atoms with Gasteiger partial charge in [0, 0.05) is 44.1 Å². The molecule has 0 aromatic carbocycles. The third kappa shape index (κ3) is 3.16. The van der Waals surface area contributed by atoms with E-state index in [4.69, 9.17) is 0 Å². The molecule has 4 rings (SSSR count). The predicted molar refractivity (Wildman–Crippen MR) is 109 cm³/mol. The van der Waals surface area contributed by atoms with Crippen LogP contribution in [0.15, 0.2) is 54.6 Å². The molecule has 152 valence electrons. The van der Waals surface area contributed by atoms with Crippen LogP contribution in [0.5, 0.6) is 0 Å². The van der Waals surface area contributed by atoms with Gasteiger partial charge in [0.15, 0.2) is 0 Å². The molecule has 0 radical (unpaired) electrons. The van der Waals surface area contributed by atoms with Crippen molar-refractivity contribution in [2.24, 2.45) is 7.05 Å². The minimum Gasteiger partial charge on any atom is -0.507 e. The Kier molecular flexibility index (Phi) is 4.91. The Hall–Kier alpha value is -3.81. The van der Waals surface area contributed by atoms with Crippen molar-refractivity contribution in [3.05, 3.63) is 82.7 Å². The Morgan fingerprint density at radius 3 is 2.43 bits per heavy atom. The number of Topliss-reactive ketones (excluding diaryl/α,β-unsaturated/α-hetero) is 1. The topological polar surface area (TPSA) is 101 Å². The van der Waals surface area contributed by atoms with E-state index in [1.165, 1.54) is 4.90 Å². The van der Waals surface area contributed by atoms with Gasteiger partial charge in [-0.3, -0.25) is 24.2 Å². The van der Waals surface area contributed by atoms with E-state index in [2.05, 4.69) is 15.1 Å². The fourth-order valence-electron chi connectivity index (χ4n) is 3.87. The highest BCUT2D eigenvalue weighted by atomic mass is 16.3. The number of hydrogen-bond acceptors (Lipinski definition) is 6. The summed E-state index contributed by atoms with van der Waals surface area (Å²) in [4.78, 5) is 35.6. The van der Waals surface area contributed by atoms with Crippen LogP contribution in [0.3, 0.4) is 0 Å². The summed E-state index contributed by atoms with van der Waals surface area (Å²) in [5.74, 6) is -1.60. The second-order valence-corrected chi connectivity index (χ2v) is 7.24. The second-order valence-electron chi connectivity index (χ2n) is 7.24. The van der Waals surface area contributed by atoms with Gasteiger partial charge in [-0.1, -0.05) is 6.07 Å². The first-order valence-corrected chi connectivity index (χ1v) is 9.48. The van der Waals surface area contributed by atoms with E-state index >= 15 is 0 Å². The molecule has 1 N–H and O–H groups in total. The Morgan fingerprint density at radius 1 is 1.10 bits per heavy atom. The van der Waals surface area contributed by atoms with Crippen molar-refractivity contribution >= 4 is 17.4 Å². The van der Waals surface area contributed by atoms with E-state index in [9.17, 15) is 14.7 Å². The van der Waals surface area contributed by atoms with Crippen LogP contribution >= 0.6 is 0 Å². The maximum Gasteiger partial charge on any atom is 0.295 e. The van der Waals surface area contributed by atoms with Crippen molar-refractivity contribution in [2.75, 3.05) is 0 Å². The zero-order chi connectivity index (χ0) is 21.4. The number of carbonyl (C=O) groups excluding carboxylic acids is 2. The molecular weight excluding hydrogens is 382 g/mol. The summed E-state index contributed by atoms with van der Waals surface area (Å²) in [6, 6.07) is 6.35. The predicted octanol–water partition coefficient (Wildman–Crippen LogP) is 2.45. The van der Waals surface area contributed by atoms with Crippen molar-refractivity contribution in [3.8, 4) is 0 Å². The van der Waals surface area contributed by atoms with Crippen molar-refractivity contribution in [2.45, 2.75) is 26.4 Å². The molecular formula is C22H21N5O3. The molecule has 0 spiro atoms. The minimum absolute atomic E-state index is 0.0503. The second kappa shape index (κ2) is 7.55. The van der Waals surface area contributed by atoms with Crippen LogP contribution in [0.1, 0.15) is 34.1 Å². The summed E-state index contributed by atoms with van der Waals surface area (Å²) < 4.78 is 1.64. The van der Waals surface area contributed by atoms with E-state index < -0.39 is 17.7 Å². The van der Waals surface area contributed by atoms with Gasteiger partial charge >= 0.3 is 0 Å². The molecule has 1 amide bonds. The highest BCUT2D eigenvalue weighted by Gasteiger charge is 2.46. The third-order valence-electron chi connectivity index (χ3n) is 5.38. The number of amides is 1. The molecule has 8 nitrogen and oxygen atoms in total. The molecule has 1 fully saturated rings. The lowest BCUT2D eigenvalue weighted by Crippen LogP contribution is -2.29. The quantitative estimate of drug-likeness (QED) is 0.408. The molecule has 4 heterocycles. The first kappa shape index (κ1) is 19.5. The fourth-order valence-corrected chi connectivity index (χ4v) is 3.87. The molecule has 0 aliphatic carbocycles. The summed E-state index contributed by atoms with van der Waals surface area (Å²) in [6.07, 6.45) is 6.49. The molecule has 1 aliphatic rings. The van der Waals surface area contributed by atoms with Crippen molar-refractivity contribution < 1.29 is 14.7 Å². The van der Waals surface area contributed by atoms with Crippen molar-refractivity contribution in [1.82, 2.24) is 24.6 Å². The van der Waals surface area contributed by atoms with E-state index in [0.29, 0.717) is 22.5 Å². The number of nitrogens with zero attached hydrogens (tertiary/aromatic N) is 5. The zero-order valence-electron chi connectivity index (χ0n) is 16.9. The molecule has 1 aliphatic heterocycles. The molecule has 0 unspecified atom stereocenters. The lowest BCUT2D eigenvalue weighted by molar-refractivity contribution is -0.140. The molecule has 3 aromatic rings. The normalized spacial score (nSPS) is 18.2. The molecule has 1 saturated heterocycles. The minimum atomic E-state index is -0.743. The SMILES string of the molecule is Cc1nn(C)c(C)c1/C(O)=C1\C(=O)C(=O)N(Cc2cccnc2)[C@H]1c1ccncc1. The van der Waals surface area contributed by atoms with Crippen LogP contribution in [-0.4, -0.2) is 41.4 Å². The summed E-state index contributed by atoms with van der Waals surface area (Å²) >= 11 is 0. The molecule has 0 saturated carbocycles. The Balaban J connectivity index is 1.90. The molecule has 8 heteroatoms. The number of pyridine rings is 2. The highest BCUT2D eigenvalue weighted by Crippen LogP contribution is 2.40. The van der Waals surface area contributed by atoms with E-state index in [1.54, 1.807) is 61.6 Å². The standard InChI is InChI=1S/C22H21N5O3/c1-13-17(14(2)26(3)25-13)20(28)18-19(16-6-9-23-10-7-16)27(22(30)21(18)29)12-15-5-4-8-24-11-15/h4-11,19,28H,12H2,1-3H3/b20-18+/t19-/m0/s1. The monoisotopic (exact) mass is 403 g/mol. The number of ketones is 1. The molecule has 3 aromatic heterocycles. The van der Waals surface area contributed by atoms with Gasteiger partial charge < -0.3 is 10.0 Å². The number of carbonyl (C=O) groups is 2. The van der Waals surface area contributed by atoms with Crippen LogP contribution in [0.2, 0.25) is 0 Å². The Bertz CT molecular complexity index is 1150. The van der Waals surface area contributed by atoms with Gasteiger partial charge in [0.05, 0.1) is 22.9 Å². The van der Waals surface area contributed by atoms with E-state index in [-0.39, 0.29) is 17.9 Å². The van der Waals surface area contributed by atoms with E-state index in [0.717, 1.165) is 5.56 Å². The third-order valence-corrected chi connectivity index (χ3v) is 5.38. The van der Waals surface area contributed by atoms with Crippen LogP contribution in [0.4, 0.5) is 0 Å². The molecule has 0 bridgehead atoms. The number of likely N-dealkylation sites (tertiary alicyclic amines) is 1. The number of aryl methyl sites for hydroxylation is 2. The van der Waals surface area contributed by atoms with Gasteiger partial charge in [0.25, 0.3) is 11.7 Å². The number of aliphatic hydroxyl groups excluding tert-OH is 1. The average Bonchev–Trinajstić information content (AvgIpc) is 3.15. The first-order chi connectivity index (χ1) is 14.4.